The molecule has 1 heterocycles. The molecule has 0 saturated heterocycles. The first-order chi connectivity index (χ1) is 15.9. The quantitative estimate of drug-likeness (QED) is 0.408. The second-order valence-corrected chi connectivity index (χ2v) is 14.8. The van der Waals surface area contributed by atoms with Gasteiger partial charge in [-0.05, 0) is 26.2 Å². The molecular formula is C16H19Cl2F5N6O4S3. The van der Waals surface area contributed by atoms with E-state index in [0.29, 0.717) is 17.2 Å². The Bertz CT molecular complexity index is 1420. The van der Waals surface area contributed by atoms with Crippen molar-refractivity contribution in [2.24, 2.45) is 0 Å². The van der Waals surface area contributed by atoms with Gasteiger partial charge in [0.1, 0.15) is 22.3 Å². The van der Waals surface area contributed by atoms with E-state index < -0.39 is 68.1 Å². The molecule has 0 amide bonds. The van der Waals surface area contributed by atoms with Crippen molar-refractivity contribution in [2.75, 3.05) is 48.7 Å². The van der Waals surface area contributed by atoms with Gasteiger partial charge in [0.25, 0.3) is 0 Å². The summed E-state index contributed by atoms with van der Waals surface area (Å²) in [6.45, 7) is 0.228. The Morgan fingerprint density at radius 1 is 1.06 bits per heavy atom. The molecule has 1 N–H and O–H groups in total. The van der Waals surface area contributed by atoms with Crippen LogP contribution in [0, 0.1) is 11.3 Å². The Labute approximate surface area is 214 Å². The number of anilines is 2. The molecular weight excluding hydrogens is 602 g/mol. The highest BCUT2D eigenvalue weighted by atomic mass is 35.5. The van der Waals surface area contributed by atoms with Gasteiger partial charge in [-0.25, -0.2) is 21.5 Å². The van der Waals surface area contributed by atoms with Gasteiger partial charge in [-0.2, -0.15) is 14.1 Å². The average molecular weight is 621 g/mol. The molecule has 204 valence electrons. The number of likely N-dealkylation sites (N-methyl/N-ethyl adjacent to an activating group) is 1. The number of hydrogen-bond acceptors (Lipinski definition) is 8. The van der Waals surface area contributed by atoms with Crippen molar-refractivity contribution in [1.82, 2.24) is 14.7 Å². The highest BCUT2D eigenvalue weighted by Gasteiger charge is 2.65. The van der Waals surface area contributed by atoms with Crippen molar-refractivity contribution < 1.29 is 36.3 Å². The summed E-state index contributed by atoms with van der Waals surface area (Å²) in [5.41, 5.74) is -2.26. The number of aromatic nitrogens is 2. The molecule has 1 aromatic carbocycles. The van der Waals surface area contributed by atoms with E-state index >= 15 is 0 Å². The largest absolute Gasteiger partial charge is 0.367 e. The first-order valence-corrected chi connectivity index (χ1v) is 15.6. The van der Waals surface area contributed by atoms with Crippen LogP contribution in [0.2, 0.25) is 10.0 Å². The van der Waals surface area contributed by atoms with Gasteiger partial charge in [0.2, 0.25) is 20.0 Å². The van der Waals surface area contributed by atoms with Gasteiger partial charge in [-0.1, -0.05) is 42.6 Å². The second-order valence-electron chi connectivity index (χ2n) is 7.73. The van der Waals surface area contributed by atoms with E-state index in [4.69, 9.17) is 23.2 Å². The number of nitrogens with one attached hydrogen (secondary N) is 1. The minimum Gasteiger partial charge on any atom is -0.367 e. The summed E-state index contributed by atoms with van der Waals surface area (Å²) in [6.07, 6.45) is 1.05. The van der Waals surface area contributed by atoms with E-state index in [1.54, 1.807) is 19.0 Å². The fraction of sp³-hybridized carbons (Fsp3) is 0.375. The summed E-state index contributed by atoms with van der Waals surface area (Å²) in [7, 11) is -16.1. The van der Waals surface area contributed by atoms with Crippen molar-refractivity contribution in [3.63, 3.8) is 0 Å². The molecule has 36 heavy (non-hydrogen) atoms. The van der Waals surface area contributed by atoms with E-state index in [-0.39, 0.29) is 28.9 Å². The van der Waals surface area contributed by atoms with Crippen LogP contribution in [0.5, 0.6) is 0 Å². The summed E-state index contributed by atoms with van der Waals surface area (Å²) in [5.74, 6) is -0.520. The molecule has 0 radical (unpaired) electrons. The van der Waals surface area contributed by atoms with Gasteiger partial charge >= 0.3 is 10.2 Å². The minimum absolute atomic E-state index is 0.0310. The normalized spacial score (nSPS) is 14.8. The van der Waals surface area contributed by atoms with Gasteiger partial charge in [0.05, 0.1) is 22.6 Å². The van der Waals surface area contributed by atoms with E-state index in [0.717, 1.165) is 0 Å². The van der Waals surface area contributed by atoms with Gasteiger partial charge < -0.3 is 10.2 Å². The maximum absolute atomic E-state index is 13.3. The highest BCUT2D eigenvalue weighted by molar-refractivity contribution is 8.45. The SMILES string of the molecule is CN(C)CCNc1c(N(S(C)(=O)=O)S(C)(=O)=O)c(C#N)nn1-c1c(Cl)cc(S(F)(F)(F)(F)F)cc1Cl. The summed E-state index contributed by atoms with van der Waals surface area (Å²) < 4.78 is 117. The smallest absolute Gasteiger partial charge is 0.310 e. The number of halogens is 7. The lowest BCUT2D eigenvalue weighted by Crippen LogP contribution is -2.36. The standard InChI is InChI=1S/C16H19Cl2F5N6O4S3/c1-27(2)6-5-25-16-15(29(34(3,30)31)35(4,32)33)13(9-24)26-28(16)14-11(17)7-10(8-12(14)18)36(19,20,21,22)23/h7-8,25H,5-6H2,1-4H3. The van der Waals surface area contributed by atoms with Crippen molar-refractivity contribution in [3.8, 4) is 11.8 Å². The molecule has 0 aliphatic carbocycles. The Morgan fingerprint density at radius 3 is 1.89 bits per heavy atom. The summed E-state index contributed by atoms with van der Waals surface area (Å²) >= 11 is 11.8. The molecule has 2 rings (SSSR count). The molecule has 0 saturated carbocycles. The van der Waals surface area contributed by atoms with Gasteiger partial charge in [-0.3, -0.25) is 0 Å². The van der Waals surface area contributed by atoms with Crippen LogP contribution in [0.1, 0.15) is 5.69 Å². The van der Waals surface area contributed by atoms with Gasteiger partial charge in [0.15, 0.2) is 11.5 Å². The molecule has 0 aliphatic heterocycles. The summed E-state index contributed by atoms with van der Waals surface area (Å²) in [4.78, 5) is -0.745. The van der Waals surface area contributed by atoms with Crippen LogP contribution in [-0.2, 0) is 20.0 Å². The lowest BCUT2D eigenvalue weighted by atomic mass is 10.3. The summed E-state index contributed by atoms with van der Waals surface area (Å²) in [5, 5.41) is 14.0. The molecule has 2 aromatic rings. The molecule has 0 spiro atoms. The number of nitrogens with zero attached hydrogens (tertiary/aromatic N) is 5. The predicted octanol–water partition coefficient (Wildman–Crippen LogP) is 4.41. The molecule has 1 aromatic heterocycles. The topological polar surface area (TPSA) is 128 Å². The molecule has 0 atom stereocenters. The Hall–Kier alpha value is -2.04. The van der Waals surface area contributed by atoms with E-state index in [2.05, 4.69) is 10.4 Å². The van der Waals surface area contributed by atoms with E-state index in [9.17, 15) is 41.5 Å². The van der Waals surface area contributed by atoms with Crippen molar-refractivity contribution >= 4 is 65.0 Å². The Kier molecular flexibility index (Phi) is 7.35. The molecule has 20 heteroatoms. The number of nitriles is 1. The average Bonchev–Trinajstić information content (AvgIpc) is 2.94. The maximum Gasteiger partial charge on any atom is 0.310 e. The monoisotopic (exact) mass is 620 g/mol. The molecule has 10 nitrogen and oxygen atoms in total. The number of hydrogen-bond donors (Lipinski definition) is 1. The van der Waals surface area contributed by atoms with Crippen LogP contribution in [0.25, 0.3) is 5.69 Å². The summed E-state index contributed by atoms with van der Waals surface area (Å²) in [6, 6.07) is 1.29. The lowest BCUT2D eigenvalue weighted by molar-refractivity contribution is 0.364. The molecule has 0 aliphatic rings. The van der Waals surface area contributed by atoms with Crippen LogP contribution in [0.15, 0.2) is 17.0 Å². The predicted molar refractivity (Wildman–Crippen MR) is 129 cm³/mol. The minimum atomic E-state index is -10.2. The third kappa shape index (κ3) is 6.63. The zero-order chi connectivity index (χ0) is 28.1. The Balaban J connectivity index is 3.00. The maximum atomic E-state index is 13.3. The first-order valence-electron chi connectivity index (χ1n) is 9.24. The third-order valence-corrected chi connectivity index (χ3v) is 9.15. The van der Waals surface area contributed by atoms with Crippen LogP contribution >= 0.6 is 33.4 Å². The molecule has 0 unspecified atom stereocenters. The molecule has 0 fully saturated rings. The first kappa shape index (κ1) is 30.2. The van der Waals surface area contributed by atoms with Crippen molar-refractivity contribution in [1.29, 1.82) is 5.26 Å². The fourth-order valence-corrected chi connectivity index (χ4v) is 7.36. The van der Waals surface area contributed by atoms with E-state index in [1.165, 1.54) is 6.07 Å². The van der Waals surface area contributed by atoms with E-state index in [1.807, 2.05) is 0 Å². The van der Waals surface area contributed by atoms with Crippen LogP contribution < -0.4 is 9.03 Å². The number of rotatable bonds is 9. The van der Waals surface area contributed by atoms with Crippen LogP contribution in [0.4, 0.5) is 30.9 Å². The lowest BCUT2D eigenvalue weighted by Gasteiger charge is -2.40. The van der Waals surface area contributed by atoms with Crippen LogP contribution in [-0.4, -0.2) is 71.2 Å². The zero-order valence-electron chi connectivity index (χ0n) is 18.8. The Morgan fingerprint density at radius 2 is 1.53 bits per heavy atom. The van der Waals surface area contributed by atoms with Crippen LogP contribution in [0.3, 0.4) is 0 Å². The zero-order valence-corrected chi connectivity index (χ0v) is 22.8. The molecule has 0 bridgehead atoms. The number of sulfonamides is 2. The fourth-order valence-electron chi connectivity index (χ4n) is 2.92. The van der Waals surface area contributed by atoms with Gasteiger partial charge in [0, 0.05) is 13.1 Å². The van der Waals surface area contributed by atoms with Gasteiger partial charge in [-0.15, -0.1) is 0 Å². The van der Waals surface area contributed by atoms with Crippen molar-refractivity contribution in [3.05, 3.63) is 27.9 Å². The second kappa shape index (κ2) is 8.77. The number of benzene rings is 1. The highest BCUT2D eigenvalue weighted by Crippen LogP contribution is 3.02. The third-order valence-electron chi connectivity index (χ3n) is 4.25. The van der Waals surface area contributed by atoms with Crippen molar-refractivity contribution in [2.45, 2.75) is 4.90 Å².